The van der Waals surface area contributed by atoms with E-state index in [9.17, 15) is 14.4 Å². The fraction of sp³-hybridized carbons (Fsp3) is 0.571. The predicted octanol–water partition coefficient (Wildman–Crippen LogP) is 1.78. The van der Waals surface area contributed by atoms with E-state index >= 15 is 0 Å². The van der Waals surface area contributed by atoms with Gasteiger partial charge in [0.1, 0.15) is 0 Å². The van der Waals surface area contributed by atoms with Crippen LogP contribution in [-0.4, -0.2) is 60.7 Å². The Balaban J connectivity index is 1.47. The first-order valence-electron chi connectivity index (χ1n) is 9.92. The number of benzene rings is 1. The van der Waals surface area contributed by atoms with Gasteiger partial charge in [0, 0.05) is 45.3 Å². The largest absolute Gasteiger partial charge is 0.342 e. The molecular weight excluding hydrogens is 342 g/mol. The fourth-order valence-electron chi connectivity index (χ4n) is 4.99. The summed E-state index contributed by atoms with van der Waals surface area (Å²) < 4.78 is 0. The molecule has 2 saturated heterocycles. The van der Waals surface area contributed by atoms with Crippen molar-refractivity contribution >= 4 is 23.4 Å². The standard InChI is InChI=1S/C21H27N3O3/c1-3-23-14-15(8-9-18(23)25)19(26)24-12-10-21(11-13-24)16-6-4-5-7-17(16)22(2)20(21)27/h4-7,15H,3,8-14H2,1-2H3. The molecule has 0 bridgehead atoms. The minimum Gasteiger partial charge on any atom is -0.342 e. The van der Waals surface area contributed by atoms with Crippen molar-refractivity contribution in [2.24, 2.45) is 5.92 Å². The smallest absolute Gasteiger partial charge is 0.237 e. The molecule has 1 atom stereocenters. The van der Waals surface area contributed by atoms with E-state index in [-0.39, 0.29) is 23.6 Å². The highest BCUT2D eigenvalue weighted by molar-refractivity contribution is 6.08. The summed E-state index contributed by atoms with van der Waals surface area (Å²) in [5.41, 5.74) is 1.61. The average Bonchev–Trinajstić information content (AvgIpc) is 2.91. The van der Waals surface area contributed by atoms with Crippen molar-refractivity contribution in [1.29, 1.82) is 0 Å². The van der Waals surface area contributed by atoms with Crippen LogP contribution >= 0.6 is 0 Å². The zero-order valence-corrected chi connectivity index (χ0v) is 16.1. The molecule has 6 nitrogen and oxygen atoms in total. The van der Waals surface area contributed by atoms with Crippen molar-refractivity contribution in [3.05, 3.63) is 29.8 Å². The maximum atomic E-state index is 13.0. The van der Waals surface area contributed by atoms with Gasteiger partial charge >= 0.3 is 0 Å². The lowest BCUT2D eigenvalue weighted by atomic mass is 9.73. The van der Waals surface area contributed by atoms with E-state index in [2.05, 4.69) is 6.07 Å². The van der Waals surface area contributed by atoms with Crippen LogP contribution in [0.5, 0.6) is 0 Å². The highest BCUT2D eigenvalue weighted by Crippen LogP contribution is 2.47. The number of para-hydroxylation sites is 1. The van der Waals surface area contributed by atoms with Gasteiger partial charge in [0.05, 0.1) is 11.3 Å². The summed E-state index contributed by atoms with van der Waals surface area (Å²) in [4.78, 5) is 43.4. The van der Waals surface area contributed by atoms with E-state index in [1.165, 1.54) is 0 Å². The van der Waals surface area contributed by atoms with E-state index < -0.39 is 5.41 Å². The minimum atomic E-state index is -0.486. The number of piperidine rings is 2. The second kappa shape index (κ2) is 6.66. The van der Waals surface area contributed by atoms with Gasteiger partial charge in [-0.25, -0.2) is 0 Å². The zero-order valence-electron chi connectivity index (χ0n) is 16.1. The molecule has 0 aliphatic carbocycles. The van der Waals surface area contributed by atoms with Gasteiger partial charge in [0.25, 0.3) is 0 Å². The normalized spacial score (nSPS) is 24.5. The van der Waals surface area contributed by atoms with E-state index in [1.54, 1.807) is 9.80 Å². The Morgan fingerprint density at radius 2 is 1.89 bits per heavy atom. The number of carbonyl (C=O) groups excluding carboxylic acids is 3. The Hall–Kier alpha value is -2.37. The van der Waals surface area contributed by atoms with Crippen LogP contribution in [0.2, 0.25) is 0 Å². The molecule has 0 saturated carbocycles. The van der Waals surface area contributed by atoms with Crippen molar-refractivity contribution in [3.63, 3.8) is 0 Å². The summed E-state index contributed by atoms with van der Waals surface area (Å²) in [5, 5.41) is 0. The zero-order chi connectivity index (χ0) is 19.2. The Bertz CT molecular complexity index is 783. The Labute approximate surface area is 160 Å². The Morgan fingerprint density at radius 1 is 1.19 bits per heavy atom. The molecule has 6 heteroatoms. The summed E-state index contributed by atoms with van der Waals surface area (Å²) in [6.45, 7) is 4.34. The third kappa shape index (κ3) is 2.73. The van der Waals surface area contributed by atoms with Crippen LogP contribution in [0, 0.1) is 5.92 Å². The molecule has 3 amide bonds. The number of fused-ring (bicyclic) bond motifs is 2. The van der Waals surface area contributed by atoms with Crippen molar-refractivity contribution in [1.82, 2.24) is 9.80 Å². The highest BCUT2D eigenvalue weighted by atomic mass is 16.2. The molecule has 2 fully saturated rings. The molecule has 3 aliphatic heterocycles. The lowest BCUT2D eigenvalue weighted by Gasteiger charge is -2.41. The van der Waals surface area contributed by atoms with Crippen LogP contribution in [0.15, 0.2) is 24.3 Å². The van der Waals surface area contributed by atoms with E-state index in [0.717, 1.165) is 11.3 Å². The van der Waals surface area contributed by atoms with Crippen molar-refractivity contribution in [3.8, 4) is 0 Å². The molecule has 0 N–H and O–H groups in total. The molecule has 0 aromatic heterocycles. The molecule has 3 heterocycles. The number of likely N-dealkylation sites (N-methyl/N-ethyl adjacent to an activating group) is 1. The molecule has 4 rings (SSSR count). The second-order valence-corrected chi connectivity index (χ2v) is 7.96. The molecule has 27 heavy (non-hydrogen) atoms. The van der Waals surface area contributed by atoms with Crippen LogP contribution < -0.4 is 4.90 Å². The third-order valence-electron chi connectivity index (χ3n) is 6.65. The van der Waals surface area contributed by atoms with Gasteiger partial charge in [-0.3, -0.25) is 14.4 Å². The molecule has 1 aromatic rings. The quantitative estimate of drug-likeness (QED) is 0.798. The monoisotopic (exact) mass is 369 g/mol. The van der Waals surface area contributed by atoms with Gasteiger partial charge in [-0.1, -0.05) is 18.2 Å². The van der Waals surface area contributed by atoms with Crippen LogP contribution in [0.25, 0.3) is 0 Å². The van der Waals surface area contributed by atoms with Crippen molar-refractivity contribution < 1.29 is 14.4 Å². The molecule has 1 unspecified atom stereocenters. The summed E-state index contributed by atoms with van der Waals surface area (Å²) in [7, 11) is 1.84. The number of carbonyl (C=O) groups is 3. The number of amides is 3. The van der Waals surface area contributed by atoms with Gasteiger partial charge in [-0.05, 0) is 37.8 Å². The fourth-order valence-corrected chi connectivity index (χ4v) is 4.99. The topological polar surface area (TPSA) is 60.9 Å². The van der Waals surface area contributed by atoms with Crippen LogP contribution in [0.3, 0.4) is 0 Å². The first kappa shape index (κ1) is 18.0. The van der Waals surface area contributed by atoms with E-state index in [0.29, 0.717) is 51.9 Å². The number of rotatable bonds is 2. The molecule has 0 radical (unpaired) electrons. The molecule has 1 spiro atoms. The lowest BCUT2D eigenvalue weighted by Crippen LogP contribution is -2.53. The van der Waals surface area contributed by atoms with Crippen LogP contribution in [0.1, 0.15) is 38.2 Å². The van der Waals surface area contributed by atoms with Crippen molar-refractivity contribution in [2.45, 2.75) is 38.0 Å². The number of hydrogen-bond acceptors (Lipinski definition) is 3. The number of nitrogens with zero attached hydrogens (tertiary/aromatic N) is 3. The van der Waals surface area contributed by atoms with Gasteiger partial charge < -0.3 is 14.7 Å². The summed E-state index contributed by atoms with van der Waals surface area (Å²) in [6, 6.07) is 8.00. The van der Waals surface area contributed by atoms with E-state index in [1.807, 2.05) is 37.1 Å². The SMILES string of the molecule is CCN1CC(C(=O)N2CCC3(CC2)C(=O)N(C)c2ccccc23)CCC1=O. The highest BCUT2D eigenvalue weighted by Gasteiger charge is 2.51. The van der Waals surface area contributed by atoms with Gasteiger partial charge in [-0.2, -0.15) is 0 Å². The van der Waals surface area contributed by atoms with Crippen LogP contribution in [-0.2, 0) is 19.8 Å². The van der Waals surface area contributed by atoms with Gasteiger partial charge in [-0.15, -0.1) is 0 Å². The molecule has 144 valence electrons. The van der Waals surface area contributed by atoms with Crippen molar-refractivity contribution in [2.75, 3.05) is 38.1 Å². The first-order valence-corrected chi connectivity index (χ1v) is 9.92. The molecule has 3 aliphatic rings. The summed E-state index contributed by atoms with van der Waals surface area (Å²) in [5.74, 6) is 0.334. The molecule has 1 aromatic carbocycles. The Morgan fingerprint density at radius 3 is 2.59 bits per heavy atom. The minimum absolute atomic E-state index is 0.106. The third-order valence-corrected chi connectivity index (χ3v) is 6.65. The average molecular weight is 369 g/mol. The Kier molecular flexibility index (Phi) is 4.44. The number of hydrogen-bond donors (Lipinski definition) is 0. The first-order chi connectivity index (χ1) is 13.0. The maximum Gasteiger partial charge on any atom is 0.237 e. The lowest BCUT2D eigenvalue weighted by molar-refractivity contribution is -0.145. The summed E-state index contributed by atoms with van der Waals surface area (Å²) >= 11 is 0. The number of anilines is 1. The van der Waals surface area contributed by atoms with Crippen LogP contribution in [0.4, 0.5) is 5.69 Å². The second-order valence-electron chi connectivity index (χ2n) is 7.96. The number of likely N-dealkylation sites (tertiary alicyclic amines) is 2. The van der Waals surface area contributed by atoms with Gasteiger partial charge in [0.15, 0.2) is 0 Å². The predicted molar refractivity (Wildman–Crippen MR) is 102 cm³/mol. The maximum absolute atomic E-state index is 13.0. The van der Waals surface area contributed by atoms with Gasteiger partial charge in [0.2, 0.25) is 17.7 Å². The molecular formula is C21H27N3O3. The summed E-state index contributed by atoms with van der Waals surface area (Å²) in [6.07, 6.45) is 2.43. The van der Waals surface area contributed by atoms with E-state index in [4.69, 9.17) is 0 Å².